The summed E-state index contributed by atoms with van der Waals surface area (Å²) < 4.78 is 0. The molecule has 0 aromatic rings. The van der Waals surface area contributed by atoms with Crippen LogP contribution >= 0.6 is 0 Å². The average Bonchev–Trinajstić information content (AvgIpc) is 2.89. The molecule has 0 radical (unpaired) electrons. The number of carbonyl (C=O) groups excluding carboxylic acids is 2. The maximum Gasteiger partial charge on any atom is 0.139 e. The van der Waals surface area contributed by atoms with Crippen LogP contribution in [-0.2, 0) is 14.4 Å². The molecule has 0 bridgehead atoms. The third-order valence-corrected chi connectivity index (χ3v) is 8.32. The van der Waals surface area contributed by atoms with Crippen molar-refractivity contribution in [2.24, 2.45) is 39.7 Å². The Bertz CT molecular complexity index is 627. The first-order chi connectivity index (χ1) is 11.9. The van der Waals surface area contributed by atoms with Gasteiger partial charge >= 0.3 is 0 Å². The van der Waals surface area contributed by atoms with Crippen molar-refractivity contribution in [1.82, 2.24) is 0 Å². The van der Waals surface area contributed by atoms with Crippen molar-refractivity contribution in [3.63, 3.8) is 0 Å². The van der Waals surface area contributed by atoms with Gasteiger partial charge in [-0.1, -0.05) is 19.0 Å². The van der Waals surface area contributed by atoms with E-state index in [1.807, 2.05) is 6.92 Å². The second-order valence-electron chi connectivity index (χ2n) is 9.30. The van der Waals surface area contributed by atoms with E-state index in [1.54, 1.807) is 0 Å². The summed E-state index contributed by atoms with van der Waals surface area (Å²) in [7, 11) is 0. The Balaban J connectivity index is 1.72. The van der Waals surface area contributed by atoms with Gasteiger partial charge in [-0.25, -0.2) is 0 Å². The SMILES string of the molecule is CCO/N=C1/C[C@@H]2[C@@H](CC[C@]3(C)C(=O)CC[C@@H]23)[C@@]2(C)CCC(=O)CC12. The zero-order chi connectivity index (χ0) is 17.8. The molecule has 6 atom stereocenters. The van der Waals surface area contributed by atoms with Gasteiger partial charge in [0, 0.05) is 30.6 Å². The quantitative estimate of drug-likeness (QED) is 0.706. The normalized spacial score (nSPS) is 48.0. The number of fused-ring (bicyclic) bond motifs is 5. The second-order valence-corrected chi connectivity index (χ2v) is 9.30. The fourth-order valence-electron chi connectivity index (χ4n) is 6.88. The van der Waals surface area contributed by atoms with Crippen molar-refractivity contribution in [3.8, 4) is 0 Å². The smallest absolute Gasteiger partial charge is 0.139 e. The Morgan fingerprint density at radius 1 is 1.08 bits per heavy atom. The van der Waals surface area contributed by atoms with Gasteiger partial charge in [0.25, 0.3) is 0 Å². The summed E-state index contributed by atoms with van der Waals surface area (Å²) in [6.07, 6.45) is 7.19. The van der Waals surface area contributed by atoms with Gasteiger partial charge in [-0.05, 0) is 62.2 Å². The van der Waals surface area contributed by atoms with E-state index >= 15 is 0 Å². The number of carbonyl (C=O) groups is 2. The van der Waals surface area contributed by atoms with Gasteiger partial charge in [-0.2, -0.15) is 0 Å². The van der Waals surface area contributed by atoms with Gasteiger partial charge in [0.05, 0.1) is 5.71 Å². The fourth-order valence-corrected chi connectivity index (χ4v) is 6.88. The van der Waals surface area contributed by atoms with Gasteiger partial charge in [0.15, 0.2) is 0 Å². The van der Waals surface area contributed by atoms with Crippen molar-refractivity contribution >= 4 is 17.3 Å². The molecule has 0 aliphatic heterocycles. The Kier molecular flexibility index (Phi) is 4.08. The van der Waals surface area contributed by atoms with Gasteiger partial charge in [0.1, 0.15) is 18.2 Å². The average molecular weight is 345 g/mol. The number of hydrogen-bond acceptors (Lipinski definition) is 4. The molecule has 0 amide bonds. The maximum atomic E-state index is 12.6. The maximum absolute atomic E-state index is 12.6. The molecular weight excluding hydrogens is 314 g/mol. The lowest BCUT2D eigenvalue weighted by Gasteiger charge is -2.59. The van der Waals surface area contributed by atoms with Crippen LogP contribution in [0.1, 0.15) is 72.1 Å². The molecule has 4 aliphatic carbocycles. The monoisotopic (exact) mass is 345 g/mol. The second kappa shape index (κ2) is 5.92. The van der Waals surface area contributed by atoms with E-state index in [-0.39, 0.29) is 16.7 Å². The van der Waals surface area contributed by atoms with Crippen LogP contribution in [0.4, 0.5) is 0 Å². The van der Waals surface area contributed by atoms with Crippen LogP contribution in [0, 0.1) is 34.5 Å². The van der Waals surface area contributed by atoms with Crippen LogP contribution < -0.4 is 0 Å². The lowest BCUT2D eigenvalue weighted by Crippen LogP contribution is -2.56. The fraction of sp³-hybridized carbons (Fsp3) is 0.857. The minimum Gasteiger partial charge on any atom is -0.396 e. The highest BCUT2D eigenvalue weighted by molar-refractivity contribution is 5.94. The van der Waals surface area contributed by atoms with Crippen LogP contribution in [0.15, 0.2) is 5.16 Å². The molecule has 0 saturated heterocycles. The minimum atomic E-state index is -0.119. The Morgan fingerprint density at radius 2 is 1.88 bits per heavy atom. The predicted octanol–water partition coefficient (Wildman–Crippen LogP) is 4.17. The van der Waals surface area contributed by atoms with Crippen LogP contribution in [0.5, 0.6) is 0 Å². The zero-order valence-corrected chi connectivity index (χ0v) is 15.8. The van der Waals surface area contributed by atoms with Crippen LogP contribution in [0.25, 0.3) is 0 Å². The minimum absolute atomic E-state index is 0.119. The van der Waals surface area contributed by atoms with Gasteiger partial charge in [-0.15, -0.1) is 0 Å². The molecule has 0 heterocycles. The highest BCUT2D eigenvalue weighted by atomic mass is 16.6. The van der Waals surface area contributed by atoms with Gasteiger partial charge < -0.3 is 4.84 Å². The molecule has 25 heavy (non-hydrogen) atoms. The molecule has 0 aromatic carbocycles. The van der Waals surface area contributed by atoms with E-state index in [9.17, 15) is 9.59 Å². The molecule has 1 unspecified atom stereocenters. The number of nitrogens with zero attached hydrogens (tertiary/aromatic N) is 1. The first-order valence-corrected chi connectivity index (χ1v) is 10.1. The molecule has 4 saturated carbocycles. The van der Waals surface area contributed by atoms with Crippen LogP contribution in [0.2, 0.25) is 0 Å². The van der Waals surface area contributed by atoms with Crippen molar-refractivity contribution in [3.05, 3.63) is 0 Å². The van der Waals surface area contributed by atoms with E-state index in [2.05, 4.69) is 19.0 Å². The number of hydrogen-bond donors (Lipinski definition) is 0. The largest absolute Gasteiger partial charge is 0.396 e. The predicted molar refractivity (Wildman–Crippen MR) is 96.2 cm³/mol. The van der Waals surface area contributed by atoms with E-state index in [0.717, 1.165) is 44.2 Å². The first kappa shape index (κ1) is 17.2. The van der Waals surface area contributed by atoms with Gasteiger partial charge in [-0.3, -0.25) is 9.59 Å². The molecule has 0 N–H and O–H groups in total. The summed E-state index contributed by atoms with van der Waals surface area (Å²) in [5, 5.41) is 4.49. The lowest BCUT2D eigenvalue weighted by atomic mass is 9.45. The molecular formula is C21H31NO3. The van der Waals surface area contributed by atoms with Crippen LogP contribution in [0.3, 0.4) is 0 Å². The standard InChI is InChI=1S/C21H31NO3/c1-4-25-22-18-12-14-15-5-6-19(24)21(15,3)10-8-16(14)20(2)9-7-13(23)11-17(18)20/h14-17H,4-12H2,1-3H3/b22-18-/t14-,15-,16+,17?,20+,21-/m0/s1. The van der Waals surface area contributed by atoms with E-state index in [4.69, 9.17) is 4.84 Å². The molecule has 4 rings (SSSR count). The third kappa shape index (κ3) is 2.43. The molecule has 4 nitrogen and oxygen atoms in total. The Morgan fingerprint density at radius 3 is 2.64 bits per heavy atom. The first-order valence-electron chi connectivity index (χ1n) is 10.1. The molecule has 0 spiro atoms. The highest BCUT2D eigenvalue weighted by Gasteiger charge is 2.61. The van der Waals surface area contributed by atoms with E-state index in [0.29, 0.717) is 48.8 Å². The third-order valence-electron chi connectivity index (χ3n) is 8.32. The Labute approximate surface area is 150 Å². The Hall–Kier alpha value is -1.19. The number of Topliss-reactive ketones (excluding diaryl/α,β-unsaturated/α-hetero) is 2. The summed E-state index contributed by atoms with van der Waals surface area (Å²) in [5.74, 6) is 2.73. The van der Waals surface area contributed by atoms with Crippen molar-refractivity contribution in [2.75, 3.05) is 6.61 Å². The number of ketones is 2. The molecule has 4 fully saturated rings. The van der Waals surface area contributed by atoms with E-state index < -0.39 is 0 Å². The van der Waals surface area contributed by atoms with Crippen molar-refractivity contribution in [2.45, 2.75) is 72.1 Å². The molecule has 4 aliphatic rings. The summed E-state index contributed by atoms with van der Waals surface area (Å²) in [6, 6.07) is 0. The summed E-state index contributed by atoms with van der Waals surface area (Å²) in [4.78, 5) is 30.2. The highest BCUT2D eigenvalue weighted by Crippen LogP contribution is 2.64. The van der Waals surface area contributed by atoms with Crippen molar-refractivity contribution < 1.29 is 14.4 Å². The zero-order valence-electron chi connectivity index (χ0n) is 15.8. The number of rotatable bonds is 2. The molecule has 138 valence electrons. The van der Waals surface area contributed by atoms with Crippen LogP contribution in [-0.4, -0.2) is 23.9 Å². The van der Waals surface area contributed by atoms with Crippen molar-refractivity contribution in [1.29, 1.82) is 0 Å². The lowest BCUT2D eigenvalue weighted by molar-refractivity contribution is -0.136. The summed E-state index contributed by atoms with van der Waals surface area (Å²) in [5.41, 5.74) is 1.12. The summed E-state index contributed by atoms with van der Waals surface area (Å²) >= 11 is 0. The summed E-state index contributed by atoms with van der Waals surface area (Å²) in [6.45, 7) is 7.12. The molecule has 4 heteroatoms. The van der Waals surface area contributed by atoms with E-state index in [1.165, 1.54) is 0 Å². The number of oxime groups is 1. The topological polar surface area (TPSA) is 55.7 Å². The molecule has 0 aromatic heterocycles. The van der Waals surface area contributed by atoms with Gasteiger partial charge in [0.2, 0.25) is 0 Å².